The molecule has 2 aliphatic heterocycles. The van der Waals surface area contributed by atoms with Crippen LogP contribution in [0.2, 0.25) is 0 Å². The predicted molar refractivity (Wildman–Crippen MR) is 145 cm³/mol. The van der Waals surface area contributed by atoms with Gasteiger partial charge in [-0.15, -0.1) is 0 Å². The molecule has 0 spiro atoms. The number of likely N-dealkylation sites (tertiary alicyclic amines) is 2. The number of nitrogens with zero attached hydrogens (tertiary/aromatic N) is 2. The van der Waals surface area contributed by atoms with Gasteiger partial charge in [0.25, 0.3) is 0 Å². The summed E-state index contributed by atoms with van der Waals surface area (Å²) < 4.78 is 5.60. The van der Waals surface area contributed by atoms with Crippen molar-refractivity contribution in [2.45, 2.75) is 103 Å². The number of nitrogens with one attached hydrogen (secondary N) is 1. The lowest BCUT2D eigenvalue weighted by Gasteiger charge is -2.43. The summed E-state index contributed by atoms with van der Waals surface area (Å²) in [6.07, 6.45) is 3.12. The minimum atomic E-state index is -0.905. The van der Waals surface area contributed by atoms with Gasteiger partial charge in [-0.3, -0.25) is 19.3 Å². The van der Waals surface area contributed by atoms with E-state index in [4.69, 9.17) is 10.5 Å². The van der Waals surface area contributed by atoms with Crippen LogP contribution in [0.25, 0.3) is 0 Å². The molecule has 0 saturated carbocycles. The van der Waals surface area contributed by atoms with E-state index in [-0.39, 0.29) is 24.3 Å². The Morgan fingerprint density at radius 3 is 2.16 bits per heavy atom. The van der Waals surface area contributed by atoms with Gasteiger partial charge in [0.15, 0.2) is 0 Å². The Kier molecular flexibility index (Phi) is 9.44. The Labute approximate surface area is 226 Å². The van der Waals surface area contributed by atoms with E-state index in [0.29, 0.717) is 5.92 Å². The molecule has 1 aromatic carbocycles. The molecular weight excluding hydrogens is 484 g/mol. The normalized spacial score (nSPS) is 23.5. The highest BCUT2D eigenvalue weighted by Crippen LogP contribution is 2.31. The number of carbonyl (C=O) groups is 4. The van der Waals surface area contributed by atoms with Crippen molar-refractivity contribution in [3.05, 3.63) is 35.4 Å². The summed E-state index contributed by atoms with van der Waals surface area (Å²) in [5, 5.41) is 2.83. The average Bonchev–Trinajstić information content (AvgIpc) is 2.84. The molecule has 1 aromatic rings. The van der Waals surface area contributed by atoms with Crippen LogP contribution in [0.4, 0.5) is 4.79 Å². The number of rotatable bonds is 6. The number of amides is 4. The van der Waals surface area contributed by atoms with Crippen LogP contribution < -0.4 is 11.1 Å². The van der Waals surface area contributed by atoms with Crippen LogP contribution in [-0.2, 0) is 25.5 Å². The largest absolute Gasteiger partial charge is 0.444 e. The van der Waals surface area contributed by atoms with Gasteiger partial charge in [-0.25, -0.2) is 4.79 Å². The summed E-state index contributed by atoms with van der Waals surface area (Å²) in [5.74, 6) is -0.614. The minimum Gasteiger partial charge on any atom is -0.444 e. The first-order valence-corrected chi connectivity index (χ1v) is 13.7. The van der Waals surface area contributed by atoms with Crippen molar-refractivity contribution in [2.75, 3.05) is 13.1 Å². The molecule has 0 unspecified atom stereocenters. The third-order valence-electron chi connectivity index (χ3n) is 7.72. The third kappa shape index (κ3) is 7.48. The lowest BCUT2D eigenvalue weighted by Crippen LogP contribution is -2.61. The maximum atomic E-state index is 13.5. The molecule has 0 aliphatic carbocycles. The third-order valence-corrected chi connectivity index (χ3v) is 7.72. The highest BCUT2D eigenvalue weighted by molar-refractivity contribution is 5.91. The first kappa shape index (κ1) is 29.5. The Morgan fingerprint density at radius 1 is 1.03 bits per heavy atom. The maximum absolute atomic E-state index is 13.5. The molecule has 2 fully saturated rings. The number of hydrogen-bond donors (Lipinski definition) is 2. The highest BCUT2D eigenvalue weighted by atomic mass is 16.6. The smallest absolute Gasteiger partial charge is 0.411 e. The summed E-state index contributed by atoms with van der Waals surface area (Å²) >= 11 is 0. The second kappa shape index (κ2) is 12.2. The first-order chi connectivity index (χ1) is 17.8. The van der Waals surface area contributed by atoms with E-state index in [0.717, 1.165) is 44.3 Å². The predicted octanol–water partition coefficient (Wildman–Crippen LogP) is 3.35. The molecule has 38 heavy (non-hydrogen) atoms. The molecule has 3 N–H and O–H groups in total. The molecular formula is C29H44N4O5. The van der Waals surface area contributed by atoms with Gasteiger partial charge < -0.3 is 20.7 Å². The fraction of sp³-hybridized carbons (Fsp3) is 0.655. The average molecular weight is 529 g/mol. The molecule has 2 heterocycles. The number of primary amides is 1. The molecule has 0 radical (unpaired) electrons. The molecule has 210 valence electrons. The lowest BCUT2D eigenvalue weighted by molar-refractivity contribution is -0.134. The molecule has 4 amide bonds. The van der Waals surface area contributed by atoms with Gasteiger partial charge in [0, 0.05) is 32.5 Å². The van der Waals surface area contributed by atoms with Crippen LogP contribution in [0.3, 0.4) is 0 Å². The van der Waals surface area contributed by atoms with Crippen molar-refractivity contribution in [1.29, 1.82) is 0 Å². The highest BCUT2D eigenvalue weighted by Gasteiger charge is 2.43. The summed E-state index contributed by atoms with van der Waals surface area (Å²) in [6.45, 7) is 12.4. The van der Waals surface area contributed by atoms with Gasteiger partial charge in [-0.1, -0.05) is 31.2 Å². The van der Waals surface area contributed by atoms with Crippen LogP contribution in [0, 0.1) is 5.92 Å². The lowest BCUT2D eigenvalue weighted by atomic mass is 9.86. The number of benzene rings is 1. The zero-order valence-corrected chi connectivity index (χ0v) is 23.7. The van der Waals surface area contributed by atoms with Crippen molar-refractivity contribution in [1.82, 2.24) is 15.1 Å². The molecule has 3 rings (SSSR count). The van der Waals surface area contributed by atoms with Gasteiger partial charge in [-0.2, -0.15) is 0 Å². The van der Waals surface area contributed by atoms with Crippen molar-refractivity contribution in [3.8, 4) is 0 Å². The van der Waals surface area contributed by atoms with E-state index in [1.165, 1.54) is 10.5 Å². The zero-order valence-electron chi connectivity index (χ0n) is 23.7. The molecule has 2 aliphatic rings. The van der Waals surface area contributed by atoms with Crippen LogP contribution in [0.1, 0.15) is 84.3 Å². The topological polar surface area (TPSA) is 122 Å². The fourth-order valence-corrected chi connectivity index (χ4v) is 5.51. The summed E-state index contributed by atoms with van der Waals surface area (Å²) in [4.78, 5) is 53.8. The van der Waals surface area contributed by atoms with E-state index in [2.05, 4.69) is 17.4 Å². The molecule has 0 aromatic heterocycles. The Balaban J connectivity index is 1.68. The van der Waals surface area contributed by atoms with E-state index in [1.807, 2.05) is 30.9 Å². The fourth-order valence-electron chi connectivity index (χ4n) is 5.51. The molecule has 9 heteroatoms. The number of carbonyl (C=O) groups excluding carboxylic acids is 4. The number of ether oxygens (including phenoxy) is 1. The second-order valence-corrected chi connectivity index (χ2v) is 11.9. The van der Waals surface area contributed by atoms with Gasteiger partial charge >= 0.3 is 6.09 Å². The van der Waals surface area contributed by atoms with Crippen LogP contribution in [0.5, 0.6) is 0 Å². The SMILES string of the molecule is CC(=O)N1CCC(c2ccc(C[C@H](NC(=O)[C@@H]3[C@H](C)CC[C@H](C)N3C(=O)OC(C)(C)C)C(N)=O)cc2)CC1. The van der Waals surface area contributed by atoms with Crippen molar-refractivity contribution in [3.63, 3.8) is 0 Å². The first-order valence-electron chi connectivity index (χ1n) is 13.7. The summed E-state index contributed by atoms with van der Waals surface area (Å²) in [6, 6.07) is 6.21. The van der Waals surface area contributed by atoms with E-state index < -0.39 is 35.6 Å². The number of hydrogen-bond acceptors (Lipinski definition) is 5. The molecule has 0 bridgehead atoms. The van der Waals surface area contributed by atoms with Gasteiger partial charge in [0.05, 0.1) is 0 Å². The Morgan fingerprint density at radius 2 is 1.63 bits per heavy atom. The number of piperidine rings is 2. The monoisotopic (exact) mass is 528 g/mol. The Hall–Kier alpha value is -3.10. The van der Waals surface area contributed by atoms with Gasteiger partial charge in [0.1, 0.15) is 17.7 Å². The standard InChI is InChI=1S/C29H44N4O5/c1-18-7-8-19(2)33(28(37)38-29(4,5)6)25(18)27(36)31-24(26(30)35)17-21-9-11-22(12-10-21)23-13-15-32(16-14-23)20(3)34/h9-12,18-19,23-25H,7-8,13-17H2,1-6H3,(H2,30,35)(H,31,36)/t18-,19+,24+,25+/m1/s1. The molecule has 4 atom stereocenters. The summed E-state index contributed by atoms with van der Waals surface area (Å²) in [5.41, 5.74) is 7.09. The van der Waals surface area contributed by atoms with Gasteiger partial charge in [0.2, 0.25) is 17.7 Å². The van der Waals surface area contributed by atoms with Crippen LogP contribution in [0.15, 0.2) is 24.3 Å². The quantitative estimate of drug-likeness (QED) is 0.586. The molecule has 2 saturated heterocycles. The van der Waals surface area contributed by atoms with E-state index in [9.17, 15) is 19.2 Å². The van der Waals surface area contributed by atoms with E-state index in [1.54, 1.807) is 27.7 Å². The van der Waals surface area contributed by atoms with Gasteiger partial charge in [-0.05, 0) is 76.3 Å². The van der Waals surface area contributed by atoms with E-state index >= 15 is 0 Å². The van der Waals surface area contributed by atoms with Crippen molar-refractivity contribution in [2.24, 2.45) is 11.7 Å². The Bertz CT molecular complexity index is 1010. The summed E-state index contributed by atoms with van der Waals surface area (Å²) in [7, 11) is 0. The molecule has 9 nitrogen and oxygen atoms in total. The van der Waals surface area contributed by atoms with Crippen LogP contribution in [-0.4, -0.2) is 70.4 Å². The van der Waals surface area contributed by atoms with Crippen LogP contribution >= 0.6 is 0 Å². The van der Waals surface area contributed by atoms with Crippen molar-refractivity contribution < 1.29 is 23.9 Å². The second-order valence-electron chi connectivity index (χ2n) is 11.9. The zero-order chi connectivity index (χ0) is 28.2. The number of nitrogens with two attached hydrogens (primary N) is 1. The minimum absolute atomic E-state index is 0.0963. The van der Waals surface area contributed by atoms with Crippen molar-refractivity contribution >= 4 is 23.8 Å². The maximum Gasteiger partial charge on any atom is 0.411 e.